The van der Waals surface area contributed by atoms with E-state index in [9.17, 15) is 38.2 Å². The molecule has 3 unspecified atom stereocenters. The summed E-state index contributed by atoms with van der Waals surface area (Å²) in [6, 6.07) is 9.35. The third-order valence-electron chi connectivity index (χ3n) is 14.8. The van der Waals surface area contributed by atoms with E-state index in [2.05, 4.69) is 50.5 Å². The summed E-state index contributed by atoms with van der Waals surface area (Å²) in [5, 5.41) is 16.1. The number of carbonyl (C=O) groups excluding carboxylic acids is 1. The molecular weight excluding hydrogens is 1110 g/mol. The SMILES string of the molecule is CC(C)(CNC(=O)c1ccc(C2=c3cc4c5c(c3Oc3c2cc2c6c3CCCN6CCC2)CCC[N+]=5CCC4)c(C(=O)O)c1)SSCOC1C[C@@](C)(n2cnc3c(N)ncnc32)O[C@@H]1COP(=O)(O)OP(=O)(O)OP(=O)(O)O. The average Bonchev–Trinajstić information content (AvgIpc) is 3.20. The van der Waals surface area contributed by atoms with Gasteiger partial charge in [0.2, 0.25) is 5.36 Å². The van der Waals surface area contributed by atoms with E-state index in [4.69, 9.17) is 34.3 Å². The molecule has 8 heterocycles. The zero-order valence-corrected chi connectivity index (χ0v) is 47.0. The van der Waals surface area contributed by atoms with Crippen LogP contribution in [0.15, 0.2) is 43.0 Å². The highest BCUT2D eigenvalue weighted by molar-refractivity contribution is 8.77. The number of nitrogens with zero attached hydrogens (tertiary/aromatic N) is 6. The first-order valence-electron chi connectivity index (χ1n) is 25.4. The summed E-state index contributed by atoms with van der Waals surface area (Å²) in [6.07, 6.45) is 8.29. The van der Waals surface area contributed by atoms with Gasteiger partial charge in [-0.3, -0.25) is 13.9 Å². The lowest BCUT2D eigenvalue weighted by molar-refractivity contribution is -0.105. The quantitative estimate of drug-likeness (QED) is 0.0189. The fourth-order valence-electron chi connectivity index (χ4n) is 11.7. The number of ether oxygens (including phenoxy) is 3. The Morgan fingerprint density at radius 2 is 1.67 bits per heavy atom. The number of benzene rings is 3. The van der Waals surface area contributed by atoms with Gasteiger partial charge in [0.15, 0.2) is 11.5 Å². The largest absolute Gasteiger partial charge is 0.490 e. The molecule has 11 rings (SSSR count). The third-order valence-corrected chi connectivity index (χ3v) is 21.6. The van der Waals surface area contributed by atoms with Gasteiger partial charge in [-0.05, 0) is 94.7 Å². The molecule has 0 bridgehead atoms. The van der Waals surface area contributed by atoms with Gasteiger partial charge in [0, 0.05) is 82.4 Å². The summed E-state index contributed by atoms with van der Waals surface area (Å²) < 4.78 is 71.8. The van der Waals surface area contributed by atoms with Gasteiger partial charge in [-0.15, -0.1) is 0 Å². The first-order chi connectivity index (χ1) is 37.0. The van der Waals surface area contributed by atoms with Gasteiger partial charge in [-0.2, -0.15) is 8.62 Å². The summed E-state index contributed by atoms with van der Waals surface area (Å²) >= 11 is 0. The predicted molar refractivity (Wildman–Crippen MR) is 288 cm³/mol. The second-order valence-electron chi connectivity index (χ2n) is 20.8. The average molecular weight is 1170 g/mol. The minimum Gasteiger partial charge on any atom is -0.478 e. The van der Waals surface area contributed by atoms with Gasteiger partial charge in [-0.1, -0.05) is 27.7 Å². The van der Waals surface area contributed by atoms with Gasteiger partial charge in [0.25, 0.3) is 5.91 Å². The molecule has 1 fully saturated rings. The number of rotatable bonds is 18. The van der Waals surface area contributed by atoms with Crippen molar-refractivity contribution in [3.05, 3.63) is 98.1 Å². The number of hydrogen-bond acceptors (Lipinski definition) is 18. The lowest BCUT2D eigenvalue weighted by Crippen LogP contribution is -2.45. The van der Waals surface area contributed by atoms with E-state index in [1.807, 2.05) is 13.8 Å². The van der Waals surface area contributed by atoms with Crippen molar-refractivity contribution in [2.45, 2.75) is 101 Å². The monoisotopic (exact) mass is 1170 g/mol. The van der Waals surface area contributed by atoms with Gasteiger partial charge in [0.05, 0.1) is 30.2 Å². The van der Waals surface area contributed by atoms with E-state index in [-0.39, 0.29) is 41.4 Å². The number of fused-ring (bicyclic) bond motifs is 5. The van der Waals surface area contributed by atoms with E-state index in [1.165, 1.54) is 73.6 Å². The van der Waals surface area contributed by atoms with Crippen molar-refractivity contribution in [2.75, 3.05) is 55.9 Å². The Morgan fingerprint density at radius 1 is 0.923 bits per heavy atom. The minimum atomic E-state index is -5.80. The standard InChI is InChI=1S/C49H57N8O16P3S2/c1-48(2,78-77-26-68-36-21-49(3,57-25-54-39-44(50)52-24-53-45(39)57)71-37(36)22-69-75(64,65)73-76(66,67)72-74(61,62)63)23-51-46(58)29-12-13-30(33(20-29)47(59)60)38-34-18-27-8-4-14-55-16-6-10-31(40(27)55)42(34)70-43-32-11-7-17-56-15-5-9-28(41(32)56)19-35(38)43/h12-13,18-20,24-25,36-37H,4-11,14-17,21-23,26H2,1-3H3,(H7-,50,51,52,53,58,59,60,61,62,63,64,65,66,67)/p+1/t36?,37-,49+/m1/s1. The van der Waals surface area contributed by atoms with Crippen LogP contribution in [0.2, 0.25) is 0 Å². The number of amides is 1. The summed E-state index contributed by atoms with van der Waals surface area (Å²) in [5.41, 5.74) is 13.8. The molecular formula is C49H58N8O16P3S2+. The zero-order chi connectivity index (χ0) is 55.1. The van der Waals surface area contributed by atoms with Crippen LogP contribution < -0.4 is 35.8 Å². The Kier molecular flexibility index (Phi) is 14.8. The molecule has 24 nitrogen and oxygen atoms in total. The Labute approximate surface area is 454 Å². The maximum atomic E-state index is 14.0. The number of imidazole rings is 1. The van der Waals surface area contributed by atoms with E-state index in [0.29, 0.717) is 11.2 Å². The zero-order valence-electron chi connectivity index (χ0n) is 42.7. The highest BCUT2D eigenvalue weighted by Crippen LogP contribution is 2.66. The van der Waals surface area contributed by atoms with E-state index in [0.717, 1.165) is 105 Å². The van der Waals surface area contributed by atoms with Crippen LogP contribution in [0.25, 0.3) is 16.7 Å². The number of nitrogens with one attached hydrogen (secondary N) is 1. The molecule has 6 aliphatic heterocycles. The number of nitrogen functional groups attached to an aromatic ring is 1. The molecule has 0 aliphatic carbocycles. The van der Waals surface area contributed by atoms with E-state index in [1.54, 1.807) is 23.6 Å². The smallest absolute Gasteiger partial charge is 0.478 e. The number of nitrogens with two attached hydrogens (primary N) is 1. The molecule has 2 aromatic heterocycles. The van der Waals surface area contributed by atoms with Crippen molar-refractivity contribution in [3.8, 4) is 11.5 Å². The summed E-state index contributed by atoms with van der Waals surface area (Å²) in [6.45, 7) is 8.82. The lowest BCUT2D eigenvalue weighted by atomic mass is 9.81. The molecule has 29 heteroatoms. The van der Waals surface area contributed by atoms with Gasteiger partial charge >= 0.3 is 29.4 Å². The molecule has 3 aromatic carbocycles. The molecule has 1 amide bonds. The normalized spacial score (nSPS) is 22.2. The van der Waals surface area contributed by atoms with Crippen molar-refractivity contribution < 1.29 is 75.3 Å². The van der Waals surface area contributed by atoms with Crippen LogP contribution >= 0.6 is 45.1 Å². The number of phosphoric ester groups is 1. The third kappa shape index (κ3) is 10.9. The molecule has 416 valence electrons. The summed E-state index contributed by atoms with van der Waals surface area (Å²) in [4.78, 5) is 80.4. The number of aromatic carboxylic acids is 1. The Hall–Kier alpha value is -4.75. The Bertz CT molecular complexity index is 3590. The number of aromatic nitrogens is 4. The molecule has 5 aromatic rings. The second-order valence-corrected chi connectivity index (χ2v) is 28.2. The highest BCUT2D eigenvalue weighted by atomic mass is 33.1. The first-order valence-corrected chi connectivity index (χ1v) is 32.2. The topological polar surface area (TPSA) is 330 Å². The van der Waals surface area contributed by atoms with Crippen LogP contribution in [0.4, 0.5) is 11.5 Å². The van der Waals surface area contributed by atoms with Crippen molar-refractivity contribution in [2.24, 2.45) is 0 Å². The number of phosphoric acid groups is 3. The van der Waals surface area contributed by atoms with Gasteiger partial charge in [-0.25, -0.2) is 38.0 Å². The number of carbonyl (C=O) groups is 2. The molecule has 5 atom stereocenters. The molecule has 0 radical (unpaired) electrons. The number of anilines is 2. The van der Waals surface area contributed by atoms with Crippen molar-refractivity contribution in [1.82, 2.24) is 29.4 Å². The number of carboxylic acids is 1. The molecule has 0 saturated carbocycles. The molecule has 8 N–H and O–H groups in total. The van der Waals surface area contributed by atoms with Crippen LogP contribution in [-0.2, 0) is 67.7 Å². The fraction of sp³-hybridized carbons (Fsp3) is 0.469. The summed E-state index contributed by atoms with van der Waals surface area (Å²) in [5.74, 6) is 0.0895. The van der Waals surface area contributed by atoms with Crippen molar-refractivity contribution in [1.29, 1.82) is 0 Å². The number of carboxylic acid groups (broad SMARTS) is 1. The maximum absolute atomic E-state index is 14.0. The minimum absolute atomic E-state index is 0.00235. The van der Waals surface area contributed by atoms with Crippen LogP contribution in [0, 0.1) is 0 Å². The molecule has 0 spiro atoms. The molecule has 1 saturated heterocycles. The van der Waals surface area contributed by atoms with E-state index >= 15 is 0 Å². The molecule has 78 heavy (non-hydrogen) atoms. The molecule has 6 aliphatic rings. The second kappa shape index (κ2) is 21.0. The number of hydrogen-bond donors (Lipinski definition) is 7. The maximum Gasteiger partial charge on any atom is 0.490 e. The Balaban J connectivity index is 0.805. The van der Waals surface area contributed by atoms with Crippen molar-refractivity contribution >= 4 is 85.2 Å². The van der Waals surface area contributed by atoms with E-state index < -0.39 is 64.6 Å². The predicted octanol–water partition coefficient (Wildman–Crippen LogP) is 5.28. The fourth-order valence-corrected chi connectivity index (χ4v) is 16.9. The van der Waals surface area contributed by atoms with Crippen LogP contribution in [0.3, 0.4) is 0 Å². The lowest BCUT2D eigenvalue weighted by Gasteiger charge is -2.39. The van der Waals surface area contributed by atoms with Crippen LogP contribution in [0.5, 0.6) is 11.5 Å². The van der Waals surface area contributed by atoms with Gasteiger partial charge in [0.1, 0.15) is 54.2 Å². The van der Waals surface area contributed by atoms with Crippen LogP contribution in [0.1, 0.15) is 107 Å². The van der Waals surface area contributed by atoms with Crippen LogP contribution in [-0.4, -0.2) is 118 Å². The van der Waals surface area contributed by atoms with Gasteiger partial charge < -0.3 is 54.8 Å². The number of aryl methyl sites for hydroxylation is 2. The first kappa shape index (κ1) is 55.2. The summed E-state index contributed by atoms with van der Waals surface area (Å²) in [7, 11) is -14.3. The highest BCUT2D eigenvalue weighted by Gasteiger charge is 2.49. The Morgan fingerprint density at radius 3 is 2.44 bits per heavy atom. The van der Waals surface area contributed by atoms with Crippen molar-refractivity contribution in [3.63, 3.8) is 0 Å².